The van der Waals surface area contributed by atoms with Gasteiger partial charge in [0.05, 0.1) is 11.4 Å². The van der Waals surface area contributed by atoms with Gasteiger partial charge in [0.25, 0.3) is 5.56 Å². The molecule has 0 spiro atoms. The maximum Gasteiger partial charge on any atom is 0.277 e. The van der Waals surface area contributed by atoms with Crippen molar-refractivity contribution in [1.29, 1.82) is 0 Å². The van der Waals surface area contributed by atoms with E-state index >= 15 is 0 Å². The molecule has 26 heavy (non-hydrogen) atoms. The van der Waals surface area contributed by atoms with Crippen molar-refractivity contribution in [1.82, 2.24) is 19.6 Å². The van der Waals surface area contributed by atoms with Crippen LogP contribution in [0.15, 0.2) is 46.1 Å². The number of aromatic amines is 1. The van der Waals surface area contributed by atoms with Crippen molar-refractivity contribution >= 4 is 31.6 Å². The van der Waals surface area contributed by atoms with Gasteiger partial charge < -0.3 is 5.10 Å². The molecule has 0 atom stereocenters. The Bertz CT molecular complexity index is 1140. The molecule has 0 aliphatic heterocycles. The number of hydrogen-bond acceptors (Lipinski definition) is 5. The Hall–Kier alpha value is -2.46. The van der Waals surface area contributed by atoms with Gasteiger partial charge in [-0.25, -0.2) is 13.1 Å². The van der Waals surface area contributed by atoms with E-state index in [2.05, 4.69) is 26.1 Å². The lowest BCUT2D eigenvalue weighted by Gasteiger charge is -2.15. The molecule has 2 heterocycles. The van der Waals surface area contributed by atoms with E-state index in [1.165, 1.54) is 28.7 Å². The Balaban J connectivity index is 2.29. The second kappa shape index (κ2) is 6.69. The summed E-state index contributed by atoms with van der Waals surface area (Å²) in [6, 6.07) is 4.83. The predicted octanol–water partition coefficient (Wildman–Crippen LogP) is 1.44. The minimum atomic E-state index is -3.46. The molecule has 0 radical (unpaired) electrons. The van der Waals surface area contributed by atoms with Gasteiger partial charge in [-0.05, 0) is 34.1 Å². The molecule has 2 aromatic heterocycles. The normalized spacial score (nSPS) is 11.7. The molecule has 0 aliphatic carbocycles. The molecule has 0 aliphatic rings. The number of hydrogen-bond donors (Lipinski definition) is 1. The lowest BCUT2D eigenvalue weighted by Crippen LogP contribution is -2.21. The summed E-state index contributed by atoms with van der Waals surface area (Å²) in [6.45, 7) is 0. The zero-order chi connectivity index (χ0) is 19.1. The third-order valence-electron chi connectivity index (χ3n) is 3.80. The molecule has 136 valence electrons. The molecule has 0 saturated carbocycles. The highest BCUT2D eigenvalue weighted by molar-refractivity contribution is 9.10. The largest absolute Gasteiger partial charge is 0.302 e. The topological polar surface area (TPSA) is 107 Å². The average Bonchev–Trinajstić information content (AvgIpc) is 3.17. The lowest BCUT2D eigenvalue weighted by atomic mass is 9.99. The molecule has 0 unspecified atom stereocenters. The zero-order valence-corrected chi connectivity index (χ0v) is 16.3. The second-order valence-electron chi connectivity index (χ2n) is 5.82. The van der Waals surface area contributed by atoms with Crippen molar-refractivity contribution in [3.8, 4) is 5.69 Å². The first-order valence-corrected chi connectivity index (χ1v) is 10.3. The number of sulfone groups is 1. The standard InChI is InChI=1S/C16H15BrN4O4S/c1-20-16(23)11(8-19-20)15(22)10-4-5-13(17)14(21-7-3-6-18-21)12(10)9-26(2,24)25/h3-8,19H,9H2,1-2H3. The minimum Gasteiger partial charge on any atom is -0.302 e. The summed E-state index contributed by atoms with van der Waals surface area (Å²) in [5.41, 5.74) is 0.318. The number of nitrogens with zero attached hydrogens (tertiary/aromatic N) is 3. The van der Waals surface area contributed by atoms with Crippen molar-refractivity contribution < 1.29 is 13.2 Å². The molecular weight excluding hydrogens is 424 g/mol. The van der Waals surface area contributed by atoms with Gasteiger partial charge in [-0.3, -0.25) is 14.3 Å². The van der Waals surface area contributed by atoms with Gasteiger partial charge in [-0.15, -0.1) is 0 Å². The van der Waals surface area contributed by atoms with Crippen molar-refractivity contribution in [3.05, 3.63) is 68.3 Å². The van der Waals surface area contributed by atoms with Gasteiger partial charge in [0, 0.05) is 47.5 Å². The maximum atomic E-state index is 12.9. The third-order valence-corrected chi connectivity index (χ3v) is 5.25. The summed E-state index contributed by atoms with van der Waals surface area (Å²) in [4.78, 5) is 25.1. The summed E-state index contributed by atoms with van der Waals surface area (Å²) >= 11 is 3.40. The van der Waals surface area contributed by atoms with E-state index in [1.54, 1.807) is 24.5 Å². The van der Waals surface area contributed by atoms with Crippen LogP contribution in [-0.2, 0) is 22.6 Å². The monoisotopic (exact) mass is 438 g/mol. The number of aromatic nitrogens is 4. The number of carbonyl (C=O) groups is 1. The van der Waals surface area contributed by atoms with E-state index < -0.39 is 21.2 Å². The van der Waals surface area contributed by atoms with Crippen LogP contribution in [0.3, 0.4) is 0 Å². The fourth-order valence-electron chi connectivity index (χ4n) is 2.65. The van der Waals surface area contributed by atoms with E-state index in [1.807, 2.05) is 0 Å². The zero-order valence-electron chi connectivity index (χ0n) is 13.9. The van der Waals surface area contributed by atoms with Crippen molar-refractivity contribution in [2.24, 2.45) is 7.05 Å². The van der Waals surface area contributed by atoms with Gasteiger partial charge in [0.1, 0.15) is 5.56 Å². The Kier molecular flexibility index (Phi) is 4.72. The summed E-state index contributed by atoms with van der Waals surface area (Å²) in [5.74, 6) is -0.917. The van der Waals surface area contributed by atoms with Crippen molar-refractivity contribution in [2.45, 2.75) is 5.75 Å². The molecule has 3 aromatic rings. The first-order valence-electron chi connectivity index (χ1n) is 7.47. The van der Waals surface area contributed by atoms with Gasteiger partial charge in [-0.2, -0.15) is 5.10 Å². The van der Waals surface area contributed by atoms with Crippen LogP contribution < -0.4 is 5.56 Å². The molecule has 1 N–H and O–H groups in total. The van der Waals surface area contributed by atoms with E-state index in [0.29, 0.717) is 10.2 Å². The van der Waals surface area contributed by atoms with Gasteiger partial charge in [0.2, 0.25) is 5.78 Å². The van der Waals surface area contributed by atoms with E-state index in [9.17, 15) is 18.0 Å². The molecule has 0 fully saturated rings. The molecule has 0 saturated heterocycles. The van der Waals surface area contributed by atoms with Gasteiger partial charge >= 0.3 is 0 Å². The molecule has 10 heteroatoms. The number of nitrogens with one attached hydrogen (secondary N) is 1. The molecule has 0 bridgehead atoms. The van der Waals surface area contributed by atoms with Crippen LogP contribution >= 0.6 is 15.9 Å². The highest BCUT2D eigenvalue weighted by Crippen LogP contribution is 2.30. The maximum absolute atomic E-state index is 12.9. The number of rotatable bonds is 5. The van der Waals surface area contributed by atoms with Gasteiger partial charge in [0.15, 0.2) is 9.84 Å². The van der Waals surface area contributed by atoms with E-state index in [-0.39, 0.29) is 22.4 Å². The Morgan fingerprint density at radius 3 is 2.58 bits per heavy atom. The van der Waals surface area contributed by atoms with Crippen LogP contribution in [0.25, 0.3) is 5.69 Å². The quantitative estimate of drug-likeness (QED) is 0.606. The fourth-order valence-corrected chi connectivity index (χ4v) is 4.02. The lowest BCUT2D eigenvalue weighted by molar-refractivity contribution is 0.103. The average molecular weight is 439 g/mol. The minimum absolute atomic E-state index is 0.0593. The molecular formula is C16H15BrN4O4S. The Labute approximate surface area is 157 Å². The first kappa shape index (κ1) is 18.3. The SMILES string of the molecule is Cn1[nH]cc(C(=O)c2ccc(Br)c(-n3cccn3)c2CS(C)(=O)=O)c1=O. The van der Waals surface area contributed by atoms with Crippen LogP contribution in [0.2, 0.25) is 0 Å². The Morgan fingerprint density at radius 1 is 1.31 bits per heavy atom. The van der Waals surface area contributed by atoms with Crippen LogP contribution in [0.1, 0.15) is 21.5 Å². The molecule has 1 aromatic carbocycles. The molecule has 8 nitrogen and oxygen atoms in total. The highest BCUT2D eigenvalue weighted by Gasteiger charge is 2.25. The third kappa shape index (κ3) is 3.42. The highest BCUT2D eigenvalue weighted by atomic mass is 79.9. The summed E-state index contributed by atoms with van der Waals surface area (Å²) in [5, 5.41) is 6.79. The van der Waals surface area contributed by atoms with Crippen molar-refractivity contribution in [3.63, 3.8) is 0 Å². The van der Waals surface area contributed by atoms with Crippen LogP contribution in [-0.4, -0.2) is 40.0 Å². The van der Waals surface area contributed by atoms with Crippen LogP contribution in [0, 0.1) is 0 Å². The van der Waals surface area contributed by atoms with E-state index in [0.717, 1.165) is 6.26 Å². The number of carbonyl (C=O) groups excluding carboxylic acids is 1. The first-order chi connectivity index (χ1) is 12.2. The smallest absolute Gasteiger partial charge is 0.277 e. The number of ketones is 1. The van der Waals surface area contributed by atoms with Crippen LogP contribution in [0.5, 0.6) is 0 Å². The van der Waals surface area contributed by atoms with Crippen LogP contribution in [0.4, 0.5) is 0 Å². The Morgan fingerprint density at radius 2 is 2.04 bits per heavy atom. The summed E-state index contributed by atoms with van der Waals surface area (Å²) in [6.07, 6.45) is 5.59. The molecule has 0 amide bonds. The predicted molar refractivity (Wildman–Crippen MR) is 99.3 cm³/mol. The number of H-pyrrole nitrogens is 1. The summed E-state index contributed by atoms with van der Waals surface area (Å²) < 4.78 is 27.2. The van der Waals surface area contributed by atoms with E-state index in [4.69, 9.17) is 0 Å². The fraction of sp³-hybridized carbons (Fsp3) is 0.188. The molecule has 3 rings (SSSR count). The number of aryl methyl sites for hydroxylation is 1. The summed E-state index contributed by atoms with van der Waals surface area (Å²) in [7, 11) is -1.96. The van der Waals surface area contributed by atoms with Gasteiger partial charge in [-0.1, -0.05) is 0 Å². The second-order valence-corrected chi connectivity index (χ2v) is 8.82. The number of benzene rings is 1. The van der Waals surface area contributed by atoms with Crippen molar-refractivity contribution in [2.75, 3.05) is 6.26 Å². The number of halogens is 1.